The van der Waals surface area contributed by atoms with Crippen molar-refractivity contribution in [2.24, 2.45) is 0 Å². The van der Waals surface area contributed by atoms with E-state index in [4.69, 9.17) is 4.74 Å². The number of rotatable bonds is 12. The van der Waals surface area contributed by atoms with Gasteiger partial charge >= 0.3 is 226 Å². The summed E-state index contributed by atoms with van der Waals surface area (Å²) in [7, 11) is 2.25. The Morgan fingerprint density at radius 3 is 2.14 bits per heavy atom. The van der Waals surface area contributed by atoms with Gasteiger partial charge in [-0.25, -0.2) is 0 Å². The first-order valence-electron chi connectivity index (χ1n) is 14.7. The summed E-state index contributed by atoms with van der Waals surface area (Å²) in [6.07, 6.45) is 13.3. The van der Waals surface area contributed by atoms with Crippen LogP contribution in [-0.4, -0.2) is 59.2 Å². The number of likely N-dealkylation sites (tertiary alicyclic amines) is 1. The van der Waals surface area contributed by atoms with E-state index in [1.165, 1.54) is 82.2 Å². The second-order valence-corrected chi connectivity index (χ2v) is 25.5. The maximum atomic E-state index is 13.2. The van der Waals surface area contributed by atoms with Gasteiger partial charge < -0.3 is 0 Å². The van der Waals surface area contributed by atoms with Crippen LogP contribution in [0.5, 0.6) is 0 Å². The molecule has 5 heteroatoms. The molecule has 1 fully saturated rings. The van der Waals surface area contributed by atoms with E-state index in [-0.39, 0.29) is 6.09 Å². The van der Waals surface area contributed by atoms with E-state index in [0.717, 1.165) is 11.9 Å². The average molecular weight is 603 g/mol. The first kappa shape index (κ1) is 29.5. The van der Waals surface area contributed by atoms with E-state index < -0.39 is 24.0 Å². The third kappa shape index (κ3) is 7.30. The number of hydrogen-bond acceptors (Lipinski definition) is 3. The summed E-state index contributed by atoms with van der Waals surface area (Å²) in [6.45, 7) is 14.0. The second kappa shape index (κ2) is 13.2. The Hall–Kier alpha value is -1.01. The number of aromatic nitrogens is 1. The van der Waals surface area contributed by atoms with Crippen molar-refractivity contribution in [3.63, 3.8) is 0 Å². The molecule has 0 saturated carbocycles. The van der Waals surface area contributed by atoms with E-state index in [0.29, 0.717) is 6.04 Å². The average Bonchev–Trinajstić information content (AvgIpc) is 3.41. The van der Waals surface area contributed by atoms with Gasteiger partial charge in [0.2, 0.25) is 0 Å². The molecule has 1 atom stereocenters. The molecular weight excluding hydrogens is 551 g/mol. The van der Waals surface area contributed by atoms with E-state index in [1.807, 2.05) is 20.8 Å². The van der Waals surface area contributed by atoms with Crippen molar-refractivity contribution in [3.8, 4) is 0 Å². The number of benzene rings is 1. The molecule has 1 aliphatic rings. The molecule has 0 radical (unpaired) electrons. The van der Waals surface area contributed by atoms with Crippen LogP contribution in [0, 0.1) is 0 Å². The van der Waals surface area contributed by atoms with Gasteiger partial charge in [0.25, 0.3) is 0 Å². The number of unbranched alkanes of at least 4 members (excludes halogenated alkanes) is 3. The Balaban J connectivity index is 2.12. The zero-order valence-electron chi connectivity index (χ0n) is 24.3. The van der Waals surface area contributed by atoms with E-state index >= 15 is 0 Å². The molecule has 0 unspecified atom stereocenters. The van der Waals surface area contributed by atoms with Crippen LogP contribution in [0.15, 0.2) is 24.4 Å². The summed E-state index contributed by atoms with van der Waals surface area (Å²) in [5.41, 5.74) is 1.83. The van der Waals surface area contributed by atoms with Crippen molar-refractivity contribution in [1.29, 1.82) is 0 Å². The van der Waals surface area contributed by atoms with Crippen molar-refractivity contribution in [3.05, 3.63) is 30.0 Å². The predicted octanol–water partition coefficient (Wildman–Crippen LogP) is 8.12. The fourth-order valence-corrected chi connectivity index (χ4v) is 22.1. The molecule has 3 rings (SSSR count). The van der Waals surface area contributed by atoms with Crippen LogP contribution in [-0.2, 0) is 11.2 Å². The van der Waals surface area contributed by atoms with Crippen molar-refractivity contribution < 1.29 is 9.53 Å². The van der Waals surface area contributed by atoms with Crippen molar-refractivity contribution in [2.45, 2.75) is 124 Å². The quantitative estimate of drug-likeness (QED) is 0.230. The molecule has 2 aromatic rings. The van der Waals surface area contributed by atoms with Crippen molar-refractivity contribution in [1.82, 2.24) is 9.47 Å². The second-order valence-electron chi connectivity index (χ2n) is 12.3. The number of carbonyl (C=O) groups is 1. The summed E-state index contributed by atoms with van der Waals surface area (Å²) < 4.78 is 13.7. The van der Waals surface area contributed by atoms with Gasteiger partial charge in [-0.15, -0.1) is 0 Å². The number of carbonyl (C=O) groups excluding carboxylic acids is 1. The Kier molecular flexibility index (Phi) is 10.8. The molecule has 4 nitrogen and oxygen atoms in total. The fourth-order valence-electron chi connectivity index (χ4n) is 6.10. The fraction of sp³-hybridized carbons (Fsp3) is 0.710. The van der Waals surface area contributed by atoms with Gasteiger partial charge in [-0.3, -0.25) is 0 Å². The van der Waals surface area contributed by atoms with E-state index in [9.17, 15) is 4.79 Å². The number of hydrogen-bond donors (Lipinski definition) is 0. The summed E-state index contributed by atoms with van der Waals surface area (Å²) >= 11 is -2.57. The zero-order chi connectivity index (χ0) is 26.3. The Morgan fingerprint density at radius 1 is 1.03 bits per heavy atom. The van der Waals surface area contributed by atoms with Gasteiger partial charge in [0.05, 0.1) is 0 Å². The third-order valence-electron chi connectivity index (χ3n) is 8.24. The minimum absolute atomic E-state index is 0.260. The number of nitrogens with zero attached hydrogens (tertiary/aromatic N) is 2. The molecule has 1 aromatic heterocycles. The molecule has 0 spiro atoms. The van der Waals surface area contributed by atoms with Crippen molar-refractivity contribution in [2.75, 3.05) is 13.6 Å². The molecule has 0 amide bonds. The first-order valence-corrected chi connectivity index (χ1v) is 22.2. The SMILES string of the molecule is CCC[CH2][Sn]([CH2]CCC)([CH2]CCC)[c]1ccc2c(c1)c(C[C@H]1CCCN1C)cn2C(=O)OC(C)(C)C. The Bertz CT molecular complexity index is 969. The van der Waals surface area contributed by atoms with Crippen LogP contribution in [0.1, 0.15) is 98.5 Å². The van der Waals surface area contributed by atoms with E-state index in [2.05, 4.69) is 57.1 Å². The summed E-state index contributed by atoms with van der Waals surface area (Å²) in [6, 6.07) is 7.79. The predicted molar refractivity (Wildman–Crippen MR) is 157 cm³/mol. The van der Waals surface area contributed by atoms with E-state index in [1.54, 1.807) is 8.15 Å². The van der Waals surface area contributed by atoms with Crippen LogP contribution in [0.25, 0.3) is 10.9 Å². The van der Waals surface area contributed by atoms with Crippen LogP contribution in [0.2, 0.25) is 13.3 Å². The van der Waals surface area contributed by atoms with Crippen LogP contribution in [0.4, 0.5) is 4.79 Å². The van der Waals surface area contributed by atoms with Gasteiger partial charge in [-0.1, -0.05) is 0 Å². The maximum absolute atomic E-state index is 13.2. The molecule has 2 heterocycles. The normalized spacial score (nSPS) is 17.2. The molecule has 202 valence electrons. The van der Waals surface area contributed by atoms with Crippen LogP contribution >= 0.6 is 0 Å². The van der Waals surface area contributed by atoms with Gasteiger partial charge in [-0.05, 0) is 0 Å². The Morgan fingerprint density at radius 2 is 1.64 bits per heavy atom. The minimum atomic E-state index is -2.57. The molecular formula is C31H52N2O2Sn. The van der Waals surface area contributed by atoms with Crippen LogP contribution < -0.4 is 3.58 Å². The Labute approximate surface area is 225 Å². The zero-order valence-corrected chi connectivity index (χ0v) is 27.1. The van der Waals surface area contributed by atoms with Gasteiger partial charge in [0.1, 0.15) is 0 Å². The van der Waals surface area contributed by atoms with Gasteiger partial charge in [-0.2, -0.15) is 0 Å². The monoisotopic (exact) mass is 604 g/mol. The molecule has 1 aromatic carbocycles. The molecule has 36 heavy (non-hydrogen) atoms. The topological polar surface area (TPSA) is 34.5 Å². The summed E-state index contributed by atoms with van der Waals surface area (Å²) in [5.74, 6) is 0. The molecule has 1 saturated heterocycles. The van der Waals surface area contributed by atoms with Gasteiger partial charge in [0, 0.05) is 0 Å². The summed E-state index contributed by atoms with van der Waals surface area (Å²) in [4.78, 5) is 15.7. The van der Waals surface area contributed by atoms with Gasteiger partial charge in [0.15, 0.2) is 0 Å². The molecule has 0 aliphatic carbocycles. The van der Waals surface area contributed by atoms with Crippen LogP contribution in [0.3, 0.4) is 0 Å². The number of ether oxygens (including phenoxy) is 1. The number of likely N-dealkylation sites (N-methyl/N-ethyl adjacent to an activating group) is 1. The standard InChI is InChI=1S/C19H25N2O2.3C4H9.Sn/c1-19(2,3)23-18(22)21-13-14(12-15-8-7-11-20(15)4)16-9-5-6-10-17(16)21;3*1-3-4-2;/h6,9-10,13,15H,7-8,11-12H2,1-4H3;3*1,3-4H2,2H3;/t15-;;;;/m1..../s1. The first-order chi connectivity index (χ1) is 17.1. The summed E-state index contributed by atoms with van der Waals surface area (Å²) in [5, 5.41) is 1.30. The molecule has 0 bridgehead atoms. The van der Waals surface area contributed by atoms with Crippen molar-refractivity contribution >= 4 is 39.0 Å². The molecule has 0 N–H and O–H groups in total. The third-order valence-corrected chi connectivity index (χ3v) is 23.8. The number of fused-ring (bicyclic) bond motifs is 1. The molecule has 1 aliphatic heterocycles.